The van der Waals surface area contributed by atoms with Gasteiger partial charge in [0.2, 0.25) is 0 Å². The standard InChI is InChI=1S/C23H36N4O4/c1-15-5-6-16-11-17-18(19(28)29)22(30,14-31-3)12-23(15,17)21(16)7-4-10-27(13-21)20(24)26-9-8-25-2/h4,10,15-16,25,30H,5-9,11-14H2,1-3H3,(H2,24,26)(H,28,29). The fourth-order valence-corrected chi connectivity index (χ4v) is 7.42. The Bertz CT molecular complexity index is 839. The van der Waals surface area contributed by atoms with Gasteiger partial charge >= 0.3 is 5.97 Å². The minimum Gasteiger partial charge on any atom is -0.478 e. The Kier molecular flexibility index (Phi) is 5.69. The molecule has 0 saturated heterocycles. The monoisotopic (exact) mass is 432 g/mol. The summed E-state index contributed by atoms with van der Waals surface area (Å²) in [5.41, 5.74) is 5.49. The number of methoxy groups -OCH3 is 1. The maximum absolute atomic E-state index is 12.4. The number of likely N-dealkylation sites (N-methyl/N-ethyl adjacent to an activating group) is 1. The van der Waals surface area contributed by atoms with Gasteiger partial charge in [0.25, 0.3) is 0 Å². The summed E-state index contributed by atoms with van der Waals surface area (Å²) in [6, 6.07) is 0. The Labute approximate surface area is 184 Å². The van der Waals surface area contributed by atoms with Gasteiger partial charge in [-0.25, -0.2) is 4.79 Å². The summed E-state index contributed by atoms with van der Waals surface area (Å²) in [7, 11) is 3.40. The van der Waals surface area contributed by atoms with Crippen LogP contribution in [0.25, 0.3) is 0 Å². The molecule has 2 spiro atoms. The first kappa shape index (κ1) is 22.3. The highest BCUT2D eigenvalue weighted by Gasteiger charge is 2.72. The fourth-order valence-electron chi connectivity index (χ4n) is 7.42. The predicted octanol–water partition coefficient (Wildman–Crippen LogP) is 1.32. The molecule has 4 aliphatic rings. The minimum absolute atomic E-state index is 0.000514. The first-order valence-electron chi connectivity index (χ1n) is 11.3. The Morgan fingerprint density at radius 1 is 1.45 bits per heavy atom. The van der Waals surface area contributed by atoms with Crippen LogP contribution in [0.5, 0.6) is 0 Å². The maximum Gasteiger partial charge on any atom is 0.334 e. The first-order chi connectivity index (χ1) is 14.8. The molecule has 0 radical (unpaired) electrons. The average molecular weight is 433 g/mol. The highest BCUT2D eigenvalue weighted by atomic mass is 16.5. The summed E-state index contributed by atoms with van der Waals surface area (Å²) in [6.45, 7) is 4.29. The van der Waals surface area contributed by atoms with E-state index >= 15 is 0 Å². The van der Waals surface area contributed by atoms with Crippen molar-refractivity contribution in [2.45, 2.75) is 44.6 Å². The molecule has 4 rings (SSSR count). The van der Waals surface area contributed by atoms with Crippen LogP contribution in [0.15, 0.2) is 28.4 Å². The van der Waals surface area contributed by atoms with Gasteiger partial charge in [-0.1, -0.05) is 13.0 Å². The second kappa shape index (κ2) is 7.90. The molecule has 31 heavy (non-hydrogen) atoms. The summed E-state index contributed by atoms with van der Waals surface area (Å²) in [4.78, 5) is 18.9. The van der Waals surface area contributed by atoms with Crippen molar-refractivity contribution in [2.75, 3.05) is 40.4 Å². The fraction of sp³-hybridized carbons (Fsp3) is 0.739. The van der Waals surface area contributed by atoms with Gasteiger partial charge in [0.15, 0.2) is 5.96 Å². The maximum atomic E-state index is 12.4. The molecule has 3 aliphatic carbocycles. The number of nitrogens with zero attached hydrogens (tertiary/aromatic N) is 2. The molecule has 2 fully saturated rings. The zero-order valence-electron chi connectivity index (χ0n) is 18.9. The summed E-state index contributed by atoms with van der Waals surface area (Å²) < 4.78 is 5.32. The number of guanidine groups is 1. The number of aliphatic imine (C=N–C) groups is 1. The topological polar surface area (TPSA) is 120 Å². The predicted molar refractivity (Wildman–Crippen MR) is 118 cm³/mol. The number of aliphatic hydroxyl groups is 1. The third-order valence-corrected chi connectivity index (χ3v) is 8.53. The molecule has 0 aromatic heterocycles. The van der Waals surface area contributed by atoms with Crippen molar-refractivity contribution in [2.24, 2.45) is 33.4 Å². The summed E-state index contributed by atoms with van der Waals surface area (Å²) in [6.07, 6.45) is 8.28. The number of hydrogen-bond donors (Lipinski definition) is 4. The Morgan fingerprint density at radius 3 is 2.90 bits per heavy atom. The van der Waals surface area contributed by atoms with Gasteiger partial charge in [-0.3, -0.25) is 4.99 Å². The van der Waals surface area contributed by atoms with Crippen molar-refractivity contribution in [1.82, 2.24) is 10.2 Å². The minimum atomic E-state index is -1.46. The number of carbonyl (C=O) groups is 1. The Hall–Kier alpha value is -1.90. The third-order valence-electron chi connectivity index (χ3n) is 8.53. The molecule has 172 valence electrons. The smallest absolute Gasteiger partial charge is 0.334 e. The normalized spacial score (nSPS) is 39.5. The van der Waals surface area contributed by atoms with Crippen LogP contribution < -0.4 is 11.1 Å². The third kappa shape index (κ3) is 3.06. The number of nitrogens with one attached hydrogen (secondary N) is 1. The van der Waals surface area contributed by atoms with Crippen molar-refractivity contribution in [3.05, 3.63) is 23.4 Å². The van der Waals surface area contributed by atoms with Crippen LogP contribution in [0.3, 0.4) is 0 Å². The lowest BCUT2D eigenvalue weighted by Crippen LogP contribution is -2.58. The van der Waals surface area contributed by atoms with Crippen molar-refractivity contribution < 1.29 is 19.7 Å². The quantitative estimate of drug-likeness (QED) is 0.284. The van der Waals surface area contributed by atoms with Crippen LogP contribution in [0, 0.1) is 22.7 Å². The van der Waals surface area contributed by atoms with Crippen LogP contribution in [0.2, 0.25) is 0 Å². The Balaban J connectivity index is 1.79. The zero-order valence-corrected chi connectivity index (χ0v) is 18.9. The molecule has 5 N–H and O–H groups in total. The molecule has 1 heterocycles. The van der Waals surface area contributed by atoms with Crippen molar-refractivity contribution >= 4 is 11.9 Å². The van der Waals surface area contributed by atoms with Crippen LogP contribution >= 0.6 is 0 Å². The summed E-state index contributed by atoms with van der Waals surface area (Å²) in [5.74, 6) is 0.126. The van der Waals surface area contributed by atoms with E-state index in [2.05, 4.69) is 23.3 Å². The van der Waals surface area contributed by atoms with E-state index in [9.17, 15) is 15.0 Å². The number of nitrogens with two attached hydrogens (primary N) is 1. The molecule has 2 saturated carbocycles. The van der Waals surface area contributed by atoms with Gasteiger partial charge in [-0.15, -0.1) is 0 Å². The Morgan fingerprint density at radius 2 is 2.23 bits per heavy atom. The lowest BCUT2D eigenvalue weighted by molar-refractivity contribution is -0.137. The number of carboxylic acid groups (broad SMARTS) is 1. The molecular weight excluding hydrogens is 396 g/mol. The van der Waals surface area contributed by atoms with Gasteiger partial charge in [0.05, 0.1) is 18.7 Å². The number of hydrogen-bond acceptors (Lipinski definition) is 5. The number of ether oxygens (including phenoxy) is 1. The number of carboxylic acids is 1. The lowest BCUT2D eigenvalue weighted by Gasteiger charge is -2.58. The van der Waals surface area contributed by atoms with E-state index < -0.39 is 11.6 Å². The first-order valence-corrected chi connectivity index (χ1v) is 11.3. The van der Waals surface area contributed by atoms with Crippen LogP contribution in [0.1, 0.15) is 39.0 Å². The van der Waals surface area contributed by atoms with Crippen molar-refractivity contribution in [3.8, 4) is 0 Å². The van der Waals surface area contributed by atoms with Crippen LogP contribution in [-0.2, 0) is 9.53 Å². The van der Waals surface area contributed by atoms with Gasteiger partial charge in [-0.2, -0.15) is 0 Å². The largest absolute Gasteiger partial charge is 0.478 e. The van der Waals surface area contributed by atoms with Crippen molar-refractivity contribution in [3.63, 3.8) is 0 Å². The van der Waals surface area contributed by atoms with Crippen molar-refractivity contribution in [1.29, 1.82) is 0 Å². The number of aliphatic carboxylic acids is 1. The second-order valence-electron chi connectivity index (χ2n) is 9.87. The highest BCUT2D eigenvalue weighted by molar-refractivity contribution is 5.92. The van der Waals surface area contributed by atoms with Gasteiger partial charge in [0.1, 0.15) is 5.60 Å². The molecule has 5 atom stereocenters. The summed E-state index contributed by atoms with van der Waals surface area (Å²) >= 11 is 0. The van der Waals surface area contributed by atoms with E-state index in [-0.39, 0.29) is 28.9 Å². The van der Waals surface area contributed by atoms with E-state index in [0.717, 1.165) is 37.8 Å². The zero-order chi connectivity index (χ0) is 22.4. The van der Waals surface area contributed by atoms with Gasteiger partial charge in [0, 0.05) is 37.2 Å². The molecule has 8 nitrogen and oxygen atoms in total. The highest BCUT2D eigenvalue weighted by Crippen LogP contribution is 2.76. The SMILES string of the molecule is CNCCN=C(N)N1C=CCC2(C1)C1CCC(C)C23CC(O)(COC)C(C(=O)O)=C3C1. The van der Waals surface area contributed by atoms with E-state index in [0.29, 0.717) is 31.4 Å². The second-order valence-corrected chi connectivity index (χ2v) is 9.87. The molecule has 8 heteroatoms. The number of rotatable bonds is 6. The molecule has 0 aromatic carbocycles. The number of allylic oxidation sites excluding steroid dienone is 2. The lowest BCUT2D eigenvalue weighted by atomic mass is 9.49. The van der Waals surface area contributed by atoms with Crippen LogP contribution in [0.4, 0.5) is 0 Å². The van der Waals surface area contributed by atoms with E-state index in [4.69, 9.17) is 10.5 Å². The van der Waals surface area contributed by atoms with E-state index in [1.807, 2.05) is 18.1 Å². The van der Waals surface area contributed by atoms with E-state index in [1.54, 1.807) is 0 Å². The summed E-state index contributed by atoms with van der Waals surface area (Å²) in [5, 5.41) is 24.7. The molecule has 0 amide bonds. The molecule has 2 bridgehead atoms. The average Bonchev–Trinajstić information content (AvgIpc) is 3.05. The van der Waals surface area contributed by atoms with E-state index in [1.165, 1.54) is 7.11 Å². The van der Waals surface area contributed by atoms with Gasteiger partial charge in [-0.05, 0) is 56.6 Å². The molecular formula is C23H36N4O4. The molecule has 5 unspecified atom stereocenters. The van der Waals surface area contributed by atoms with Crippen LogP contribution in [-0.4, -0.2) is 73.0 Å². The molecule has 1 aliphatic heterocycles. The van der Waals surface area contributed by atoms with Gasteiger partial charge < -0.3 is 30.9 Å². The molecule has 0 aromatic rings.